The summed E-state index contributed by atoms with van der Waals surface area (Å²) in [4.78, 5) is 0. The molecule has 0 aliphatic carbocycles. The third kappa shape index (κ3) is 3.82. The third-order valence-electron chi connectivity index (χ3n) is 9.20. The van der Waals surface area contributed by atoms with Crippen LogP contribution in [0.4, 0.5) is 0 Å². The van der Waals surface area contributed by atoms with Gasteiger partial charge in [0.05, 0.1) is 22.2 Å². The molecule has 6 aromatic carbocycles. The zero-order chi connectivity index (χ0) is 30.8. The van der Waals surface area contributed by atoms with Crippen LogP contribution < -0.4 is 0 Å². The van der Waals surface area contributed by atoms with E-state index in [-0.39, 0.29) is 0 Å². The molecule has 0 bridgehead atoms. The minimum absolute atomic E-state index is 1.13. The number of hydrogen-bond acceptors (Lipinski definition) is 1. The van der Waals surface area contributed by atoms with Crippen LogP contribution in [0.5, 0.6) is 0 Å². The molecule has 2 nitrogen and oxygen atoms in total. The molecule has 9 aromatic rings. The monoisotopic (exact) mass is 606 g/mol. The number of para-hydroxylation sites is 2. The first-order valence-corrected chi connectivity index (χ1v) is 16.5. The molecule has 3 heteroatoms. The summed E-state index contributed by atoms with van der Waals surface area (Å²) >= 11 is 1.86. The van der Waals surface area contributed by atoms with Crippen LogP contribution in [0.25, 0.3) is 87.5 Å². The molecule has 218 valence electrons. The average Bonchev–Trinajstić information content (AvgIpc) is 3.76. The molecule has 0 fully saturated rings. The molecule has 9 rings (SSSR count). The van der Waals surface area contributed by atoms with Gasteiger partial charge in [0, 0.05) is 53.3 Å². The molecule has 0 saturated heterocycles. The Balaban J connectivity index is 1.36. The lowest BCUT2D eigenvalue weighted by molar-refractivity contribution is 1.10. The summed E-state index contributed by atoms with van der Waals surface area (Å²) < 4.78 is 7.43. The highest BCUT2D eigenvalue weighted by atomic mass is 32.1. The van der Waals surface area contributed by atoms with E-state index in [4.69, 9.17) is 0 Å². The lowest BCUT2D eigenvalue weighted by Gasteiger charge is -2.13. The fraction of sp³-hybridized carbons (Fsp3) is 0.0233. The second-order valence-electron chi connectivity index (χ2n) is 11.7. The topological polar surface area (TPSA) is 9.86 Å². The Morgan fingerprint density at radius 2 is 1.26 bits per heavy atom. The van der Waals surface area contributed by atoms with Gasteiger partial charge < -0.3 is 9.13 Å². The van der Waals surface area contributed by atoms with Crippen molar-refractivity contribution in [3.05, 3.63) is 157 Å². The highest BCUT2D eigenvalue weighted by Crippen LogP contribution is 2.44. The summed E-state index contributed by atoms with van der Waals surface area (Å²) in [6.07, 6.45) is 6.38. The van der Waals surface area contributed by atoms with Gasteiger partial charge in [0.2, 0.25) is 0 Å². The van der Waals surface area contributed by atoms with E-state index < -0.39 is 0 Å². The number of fused-ring (bicyclic) bond motifs is 8. The largest absolute Gasteiger partial charge is 0.309 e. The first-order valence-electron chi connectivity index (χ1n) is 15.7. The number of thiophene rings is 1. The Morgan fingerprint density at radius 3 is 2.09 bits per heavy atom. The molecule has 0 radical (unpaired) electrons. The van der Waals surface area contributed by atoms with Crippen molar-refractivity contribution < 1.29 is 0 Å². The predicted molar refractivity (Wildman–Crippen MR) is 201 cm³/mol. The molecule has 0 atom stereocenters. The van der Waals surface area contributed by atoms with Gasteiger partial charge in [-0.25, -0.2) is 0 Å². The van der Waals surface area contributed by atoms with Crippen molar-refractivity contribution in [2.75, 3.05) is 0 Å². The van der Waals surface area contributed by atoms with E-state index in [1.807, 2.05) is 17.4 Å². The number of benzene rings is 6. The number of allylic oxidation sites excluding steroid dienone is 1. The Hall–Kier alpha value is -5.64. The van der Waals surface area contributed by atoms with Gasteiger partial charge in [-0.05, 0) is 78.7 Å². The second kappa shape index (κ2) is 10.5. The Morgan fingerprint density at radius 1 is 0.565 bits per heavy atom. The van der Waals surface area contributed by atoms with E-state index in [9.17, 15) is 0 Å². The van der Waals surface area contributed by atoms with Crippen LogP contribution in [-0.4, -0.2) is 9.13 Å². The molecule has 0 saturated carbocycles. The molecule has 0 amide bonds. The van der Waals surface area contributed by atoms with Gasteiger partial charge in [0.1, 0.15) is 0 Å². The fourth-order valence-corrected chi connectivity index (χ4v) is 8.51. The van der Waals surface area contributed by atoms with E-state index in [2.05, 4.69) is 168 Å². The van der Waals surface area contributed by atoms with Crippen molar-refractivity contribution in [1.29, 1.82) is 0 Å². The standard InChI is InChI=1S/C43H30N2S/c1-3-14-35-31(4-2)42-37(25-26-38-43(42)33-19-8-10-22-36(33)44(38)29-16-6-5-7-17-29)45(35)30-18-12-15-28(27-30)32-21-13-24-40-41(32)34-20-9-11-23-39(34)46-40/h3-27H,2H2,1H3/b14-3-. The van der Waals surface area contributed by atoms with Gasteiger partial charge in [0.15, 0.2) is 0 Å². The average molecular weight is 607 g/mol. The van der Waals surface area contributed by atoms with E-state index in [0.717, 1.165) is 22.6 Å². The Labute approximate surface area is 271 Å². The summed E-state index contributed by atoms with van der Waals surface area (Å²) in [6.45, 7) is 6.44. The summed E-state index contributed by atoms with van der Waals surface area (Å²) in [7, 11) is 0. The van der Waals surface area contributed by atoms with E-state index in [0.29, 0.717) is 0 Å². The molecule has 0 spiro atoms. The maximum Gasteiger partial charge on any atom is 0.0548 e. The SMILES string of the molecule is C=Cc1c(/C=C\C)n(-c2cccc(-c3cccc4sc5ccccc5c34)c2)c2ccc3c(c4ccccc4n3-c3ccccc3)c12. The van der Waals surface area contributed by atoms with Crippen molar-refractivity contribution in [3.63, 3.8) is 0 Å². The number of aromatic nitrogens is 2. The molecule has 46 heavy (non-hydrogen) atoms. The fourth-order valence-electron chi connectivity index (χ4n) is 7.38. The lowest BCUT2D eigenvalue weighted by atomic mass is 9.99. The van der Waals surface area contributed by atoms with Crippen LogP contribution in [-0.2, 0) is 0 Å². The first kappa shape index (κ1) is 26.7. The maximum atomic E-state index is 4.35. The van der Waals surface area contributed by atoms with Crippen molar-refractivity contribution in [2.45, 2.75) is 6.92 Å². The summed E-state index contributed by atoms with van der Waals surface area (Å²) in [5.41, 5.74) is 10.6. The van der Waals surface area contributed by atoms with Crippen molar-refractivity contribution >= 4 is 76.4 Å². The van der Waals surface area contributed by atoms with Crippen LogP contribution in [0.15, 0.2) is 146 Å². The van der Waals surface area contributed by atoms with Crippen molar-refractivity contribution in [1.82, 2.24) is 9.13 Å². The maximum absolute atomic E-state index is 4.35. The molecule has 0 aliphatic heterocycles. The quantitative estimate of drug-likeness (QED) is 0.184. The van der Waals surface area contributed by atoms with Crippen molar-refractivity contribution in [3.8, 4) is 22.5 Å². The number of hydrogen-bond donors (Lipinski definition) is 0. The van der Waals surface area contributed by atoms with E-state index >= 15 is 0 Å². The first-order chi connectivity index (χ1) is 22.8. The molecular formula is C43H30N2S. The minimum atomic E-state index is 1.13. The molecule has 3 heterocycles. The lowest BCUT2D eigenvalue weighted by Crippen LogP contribution is -1.98. The molecule has 3 aromatic heterocycles. The van der Waals surface area contributed by atoms with E-state index in [1.165, 1.54) is 64.0 Å². The van der Waals surface area contributed by atoms with Crippen LogP contribution in [0.2, 0.25) is 0 Å². The van der Waals surface area contributed by atoms with Crippen LogP contribution in [0.1, 0.15) is 18.2 Å². The highest BCUT2D eigenvalue weighted by Gasteiger charge is 2.22. The van der Waals surface area contributed by atoms with Gasteiger partial charge in [0.25, 0.3) is 0 Å². The normalized spacial score (nSPS) is 12.0. The molecule has 0 unspecified atom stereocenters. The summed E-state index contributed by atoms with van der Waals surface area (Å²) in [5.74, 6) is 0. The third-order valence-corrected chi connectivity index (χ3v) is 10.3. The van der Waals surface area contributed by atoms with Crippen LogP contribution in [0.3, 0.4) is 0 Å². The zero-order valence-electron chi connectivity index (χ0n) is 25.4. The smallest absolute Gasteiger partial charge is 0.0548 e. The minimum Gasteiger partial charge on any atom is -0.309 e. The molecule has 0 aliphatic rings. The predicted octanol–water partition coefficient (Wildman–Crippen LogP) is 12.4. The van der Waals surface area contributed by atoms with Gasteiger partial charge >= 0.3 is 0 Å². The Kier molecular flexibility index (Phi) is 6.09. The van der Waals surface area contributed by atoms with Gasteiger partial charge in [-0.2, -0.15) is 0 Å². The molecule has 0 N–H and O–H groups in total. The van der Waals surface area contributed by atoms with Crippen LogP contribution >= 0.6 is 11.3 Å². The van der Waals surface area contributed by atoms with Crippen LogP contribution in [0, 0.1) is 0 Å². The van der Waals surface area contributed by atoms with Crippen molar-refractivity contribution in [2.24, 2.45) is 0 Å². The molecular weight excluding hydrogens is 577 g/mol. The summed E-state index contributed by atoms with van der Waals surface area (Å²) in [6, 6.07) is 48.4. The number of nitrogens with zero attached hydrogens (tertiary/aromatic N) is 2. The van der Waals surface area contributed by atoms with Gasteiger partial charge in [-0.1, -0.05) is 97.6 Å². The second-order valence-corrected chi connectivity index (χ2v) is 12.8. The zero-order valence-corrected chi connectivity index (χ0v) is 26.3. The van der Waals surface area contributed by atoms with Gasteiger partial charge in [-0.15, -0.1) is 11.3 Å². The highest BCUT2D eigenvalue weighted by molar-refractivity contribution is 7.25. The number of rotatable bonds is 5. The summed E-state index contributed by atoms with van der Waals surface area (Å²) in [5, 5.41) is 6.36. The van der Waals surface area contributed by atoms with Gasteiger partial charge in [-0.3, -0.25) is 0 Å². The van der Waals surface area contributed by atoms with E-state index in [1.54, 1.807) is 0 Å². The Bertz CT molecular complexity index is 2660.